The maximum Gasteiger partial charge on any atom is 0.499 e. The minimum absolute atomic E-state index is 0.185. The van der Waals surface area contributed by atoms with E-state index in [1.54, 1.807) is 0 Å². The summed E-state index contributed by atoms with van der Waals surface area (Å²) < 4.78 is 0.556. The molecule has 0 aliphatic heterocycles. The van der Waals surface area contributed by atoms with Crippen LogP contribution in [-0.4, -0.2) is 23.5 Å². The lowest BCUT2D eigenvalue weighted by Crippen LogP contribution is -2.29. The second-order valence-electron chi connectivity index (χ2n) is 1.86. The second kappa shape index (κ2) is 3.36. The van der Waals surface area contributed by atoms with Crippen LogP contribution < -0.4 is 4.78 Å². The molecule has 0 spiro atoms. The van der Waals surface area contributed by atoms with E-state index in [0.717, 1.165) is 11.3 Å². The maximum atomic E-state index is 10.3. The Labute approximate surface area is 72.4 Å². The molecule has 6 heteroatoms. The molecule has 0 saturated carbocycles. The first kappa shape index (κ1) is 8.74. The van der Waals surface area contributed by atoms with Crippen molar-refractivity contribution in [3.05, 3.63) is 16.0 Å². The van der Waals surface area contributed by atoms with E-state index in [-0.39, 0.29) is 10.3 Å². The Morgan fingerprint density at radius 2 is 2.27 bits per heavy atom. The van der Waals surface area contributed by atoms with Crippen molar-refractivity contribution in [3.63, 3.8) is 0 Å². The van der Waals surface area contributed by atoms with Gasteiger partial charge in [0.15, 0.2) is 6.29 Å². The van der Waals surface area contributed by atoms with Gasteiger partial charge in [-0.25, -0.2) is 0 Å². The molecule has 0 aromatic carbocycles. The Hall–Kier alpha value is -0.355. The number of carbonyl (C=O) groups excluding carboxylic acids is 1. The molecule has 0 bridgehead atoms. The molecule has 0 saturated heterocycles. The number of rotatable bonds is 2. The van der Waals surface area contributed by atoms with Crippen molar-refractivity contribution in [2.24, 2.45) is 0 Å². The van der Waals surface area contributed by atoms with Crippen LogP contribution in [0.15, 0.2) is 6.07 Å². The van der Waals surface area contributed by atoms with Crippen LogP contribution in [0.5, 0.6) is 0 Å². The molecule has 1 aromatic rings. The molecule has 1 aromatic heterocycles. The molecule has 1 rings (SSSR count). The van der Waals surface area contributed by atoms with Crippen LogP contribution in [-0.2, 0) is 0 Å². The van der Waals surface area contributed by atoms with E-state index in [4.69, 9.17) is 21.6 Å². The zero-order valence-electron chi connectivity index (χ0n) is 5.32. The number of hydrogen-bond acceptors (Lipinski definition) is 4. The summed E-state index contributed by atoms with van der Waals surface area (Å²) in [7, 11) is -1.62. The Morgan fingerprint density at radius 3 is 2.64 bits per heavy atom. The smallest absolute Gasteiger partial charge is 0.423 e. The van der Waals surface area contributed by atoms with Crippen molar-refractivity contribution >= 4 is 41.1 Å². The van der Waals surface area contributed by atoms with Crippen molar-refractivity contribution in [1.29, 1.82) is 0 Å². The summed E-state index contributed by atoms with van der Waals surface area (Å²) in [5.74, 6) is 0. The van der Waals surface area contributed by atoms with Gasteiger partial charge in [-0.05, 0) is 6.07 Å². The van der Waals surface area contributed by atoms with Crippen LogP contribution in [0.4, 0.5) is 0 Å². The van der Waals surface area contributed by atoms with Crippen molar-refractivity contribution in [3.8, 4) is 0 Å². The first-order valence-corrected chi connectivity index (χ1v) is 3.95. The van der Waals surface area contributed by atoms with Crippen LogP contribution >= 0.6 is 22.9 Å². The molecule has 0 radical (unpaired) electrons. The number of hydrogen-bond donors (Lipinski definition) is 2. The molecule has 1 heterocycles. The van der Waals surface area contributed by atoms with E-state index in [9.17, 15) is 4.79 Å². The third-order valence-corrected chi connectivity index (χ3v) is 2.44. The lowest BCUT2D eigenvalue weighted by Gasteiger charge is -1.92. The van der Waals surface area contributed by atoms with E-state index in [1.807, 2.05) is 0 Å². The van der Waals surface area contributed by atoms with Gasteiger partial charge >= 0.3 is 7.12 Å². The van der Waals surface area contributed by atoms with Gasteiger partial charge in [0.05, 0.1) is 4.34 Å². The number of carbonyl (C=O) groups is 1. The molecule has 0 aliphatic rings. The molecule has 0 unspecified atom stereocenters. The van der Waals surface area contributed by atoms with Crippen molar-refractivity contribution in [1.82, 2.24) is 0 Å². The van der Waals surface area contributed by atoms with Crippen LogP contribution in [0, 0.1) is 0 Å². The fourth-order valence-corrected chi connectivity index (χ4v) is 1.77. The van der Waals surface area contributed by atoms with Gasteiger partial charge in [-0.15, -0.1) is 11.3 Å². The maximum absolute atomic E-state index is 10.3. The van der Waals surface area contributed by atoms with Crippen LogP contribution in [0.2, 0.25) is 4.34 Å². The SMILES string of the molecule is O=Cc1cc(Cl)sc1B(O)O. The number of aldehydes is 1. The third-order valence-electron chi connectivity index (χ3n) is 1.12. The first-order chi connectivity index (χ1) is 5.15. The molecule has 58 valence electrons. The van der Waals surface area contributed by atoms with E-state index in [0.29, 0.717) is 10.6 Å². The van der Waals surface area contributed by atoms with E-state index < -0.39 is 7.12 Å². The van der Waals surface area contributed by atoms with Gasteiger partial charge in [0.2, 0.25) is 0 Å². The monoisotopic (exact) mass is 190 g/mol. The van der Waals surface area contributed by atoms with Crippen molar-refractivity contribution in [2.45, 2.75) is 0 Å². The third kappa shape index (κ3) is 1.81. The Kier molecular flexibility index (Phi) is 2.67. The molecule has 3 nitrogen and oxygen atoms in total. The molecule has 11 heavy (non-hydrogen) atoms. The quantitative estimate of drug-likeness (QED) is 0.505. The van der Waals surface area contributed by atoms with Gasteiger partial charge in [-0.3, -0.25) is 4.79 Å². The predicted octanol–water partition coefficient (Wildman–Crippen LogP) is -0.106. The summed E-state index contributed by atoms with van der Waals surface area (Å²) >= 11 is 6.51. The van der Waals surface area contributed by atoms with E-state index in [2.05, 4.69) is 0 Å². The average molecular weight is 190 g/mol. The highest BCUT2D eigenvalue weighted by Crippen LogP contribution is 2.16. The summed E-state index contributed by atoms with van der Waals surface area (Å²) in [4.78, 5) is 10.3. The van der Waals surface area contributed by atoms with Gasteiger partial charge in [0.1, 0.15) is 0 Å². The zero-order valence-corrected chi connectivity index (χ0v) is 6.89. The molecule has 2 N–H and O–H groups in total. The van der Waals surface area contributed by atoms with Gasteiger partial charge in [0, 0.05) is 10.3 Å². The lowest BCUT2D eigenvalue weighted by molar-refractivity contribution is 0.112. The largest absolute Gasteiger partial charge is 0.499 e. The van der Waals surface area contributed by atoms with Crippen LogP contribution in [0.1, 0.15) is 10.4 Å². The highest BCUT2D eigenvalue weighted by Gasteiger charge is 2.18. The van der Waals surface area contributed by atoms with Crippen molar-refractivity contribution < 1.29 is 14.8 Å². The normalized spacial score (nSPS) is 9.73. The standard InChI is InChI=1S/C5H4BClO3S/c7-4-1-3(2-8)5(11-4)6(9)10/h1-2,9-10H. The summed E-state index contributed by atoms with van der Waals surface area (Å²) in [6, 6.07) is 1.40. The Bertz CT molecular complexity index is 273. The molecular formula is C5H4BClO3S. The molecule has 0 amide bonds. The van der Waals surface area contributed by atoms with Gasteiger partial charge in [-0.2, -0.15) is 0 Å². The second-order valence-corrected chi connectivity index (χ2v) is 3.58. The predicted molar refractivity (Wildman–Crippen MR) is 44.5 cm³/mol. The summed E-state index contributed by atoms with van der Waals surface area (Å²) in [5.41, 5.74) is 0.231. The van der Waals surface area contributed by atoms with Crippen molar-refractivity contribution in [2.75, 3.05) is 0 Å². The Morgan fingerprint density at radius 1 is 1.64 bits per heavy atom. The van der Waals surface area contributed by atoms with E-state index in [1.165, 1.54) is 6.07 Å². The number of halogens is 1. The summed E-state index contributed by atoms with van der Waals surface area (Å²) in [6.45, 7) is 0. The Balaban J connectivity index is 3.11. The molecule has 0 atom stereocenters. The van der Waals surface area contributed by atoms with Crippen LogP contribution in [0.25, 0.3) is 0 Å². The molecular weight excluding hydrogens is 186 g/mol. The van der Waals surface area contributed by atoms with Crippen LogP contribution in [0.3, 0.4) is 0 Å². The lowest BCUT2D eigenvalue weighted by atomic mass is 9.87. The average Bonchev–Trinajstić information content (AvgIpc) is 2.30. The highest BCUT2D eigenvalue weighted by molar-refractivity contribution is 7.25. The van der Waals surface area contributed by atoms with Gasteiger partial charge in [0.25, 0.3) is 0 Å². The molecule has 0 aliphatic carbocycles. The van der Waals surface area contributed by atoms with E-state index >= 15 is 0 Å². The topological polar surface area (TPSA) is 57.5 Å². The minimum Gasteiger partial charge on any atom is -0.423 e. The highest BCUT2D eigenvalue weighted by atomic mass is 35.5. The molecule has 0 fully saturated rings. The fourth-order valence-electron chi connectivity index (χ4n) is 0.681. The summed E-state index contributed by atoms with van der Waals surface area (Å²) in [6.07, 6.45) is 0.539. The van der Waals surface area contributed by atoms with Gasteiger partial charge in [-0.1, -0.05) is 11.6 Å². The number of thiophene rings is 1. The minimum atomic E-state index is -1.62. The van der Waals surface area contributed by atoms with Gasteiger partial charge < -0.3 is 10.0 Å². The zero-order chi connectivity index (χ0) is 8.43. The first-order valence-electron chi connectivity index (χ1n) is 2.75. The summed E-state index contributed by atoms with van der Waals surface area (Å²) in [5, 5.41) is 17.4. The fraction of sp³-hybridized carbons (Fsp3) is 0.